The van der Waals surface area contributed by atoms with Crippen molar-refractivity contribution in [3.63, 3.8) is 0 Å². The van der Waals surface area contributed by atoms with E-state index in [0.717, 1.165) is 6.42 Å². The summed E-state index contributed by atoms with van der Waals surface area (Å²) in [5.41, 5.74) is 14.4. The van der Waals surface area contributed by atoms with Gasteiger partial charge in [0.1, 0.15) is 0 Å². The second-order valence-electron chi connectivity index (χ2n) is 16.5. The molecular formula is C52H61GeNSi. The fourth-order valence-electron chi connectivity index (χ4n) is 9.56. The molecular weight excluding hydrogens is 739 g/mol. The molecule has 0 unspecified atom stereocenters. The zero-order chi connectivity index (χ0) is 39.0. The molecule has 0 N–H and O–H groups in total. The molecule has 0 saturated heterocycles. The fraction of sp³-hybridized carbons (Fsp3) is 0.308. The fourth-order valence-corrected chi connectivity index (χ4v) is 25.4. The first-order chi connectivity index (χ1) is 26.6. The molecule has 0 bridgehead atoms. The van der Waals surface area contributed by atoms with Crippen molar-refractivity contribution in [2.45, 2.75) is 101 Å². The van der Waals surface area contributed by atoms with Crippen molar-refractivity contribution < 1.29 is 0 Å². The van der Waals surface area contributed by atoms with E-state index in [1.54, 1.807) is 0 Å². The Kier molecular flexibility index (Phi) is 13.8. The van der Waals surface area contributed by atoms with Crippen molar-refractivity contribution in [2.24, 2.45) is 0 Å². The Labute approximate surface area is 341 Å². The van der Waals surface area contributed by atoms with Crippen LogP contribution in [-0.4, -0.2) is 23.9 Å². The van der Waals surface area contributed by atoms with Gasteiger partial charge in [0.15, 0.2) is 0 Å². The van der Waals surface area contributed by atoms with Gasteiger partial charge in [0.25, 0.3) is 0 Å². The van der Waals surface area contributed by atoms with Crippen molar-refractivity contribution >= 4 is 29.6 Å². The number of anilines is 1. The Balaban J connectivity index is 1.78. The number of benzene rings is 6. The molecule has 6 rings (SSSR count). The van der Waals surface area contributed by atoms with Gasteiger partial charge in [-0.25, -0.2) is 0 Å². The van der Waals surface area contributed by atoms with Crippen molar-refractivity contribution in [3.8, 4) is 0 Å². The average Bonchev–Trinajstić information content (AvgIpc) is 3.19. The Morgan fingerprint density at radius 2 is 0.764 bits per heavy atom. The number of hydrogen-bond acceptors (Lipinski definition) is 1. The van der Waals surface area contributed by atoms with Gasteiger partial charge in [0.05, 0.1) is 0 Å². The third-order valence-electron chi connectivity index (χ3n) is 11.9. The normalized spacial score (nSPS) is 12.1. The first-order valence-corrected chi connectivity index (χ1v) is 25.2. The molecule has 0 aromatic heterocycles. The van der Waals surface area contributed by atoms with E-state index < -0.39 is 23.9 Å². The van der Waals surface area contributed by atoms with E-state index in [0.29, 0.717) is 22.5 Å². The summed E-state index contributed by atoms with van der Waals surface area (Å²) in [6.07, 6.45) is 1.12. The number of aryl methyl sites for hydroxylation is 1. The molecule has 55 heavy (non-hydrogen) atoms. The van der Waals surface area contributed by atoms with E-state index >= 15 is 0 Å². The molecule has 0 amide bonds. The van der Waals surface area contributed by atoms with Gasteiger partial charge in [0, 0.05) is 0 Å². The van der Waals surface area contributed by atoms with Crippen molar-refractivity contribution in [1.29, 1.82) is 0 Å². The van der Waals surface area contributed by atoms with Gasteiger partial charge in [-0.05, 0) is 0 Å². The molecule has 0 spiro atoms. The Morgan fingerprint density at radius 1 is 0.436 bits per heavy atom. The van der Waals surface area contributed by atoms with Crippen LogP contribution >= 0.6 is 0 Å². The molecule has 0 aliphatic rings. The SMILES string of the molecule is CC(C)c1cc(C(c2ccccc2)c2ccccc2)c([N]([Ge][CH2]Cc2ccccc2)[Si](C(C)C)(C(C)C)C(C)C)c(C(c2ccccc2)c2ccccc2)c1. The van der Waals surface area contributed by atoms with Crippen LogP contribution < -0.4 is 3.52 Å². The van der Waals surface area contributed by atoms with E-state index in [9.17, 15) is 0 Å². The molecule has 0 heterocycles. The van der Waals surface area contributed by atoms with Crippen molar-refractivity contribution in [3.05, 3.63) is 208 Å². The number of rotatable bonds is 16. The van der Waals surface area contributed by atoms with Crippen molar-refractivity contribution in [2.75, 3.05) is 3.52 Å². The van der Waals surface area contributed by atoms with Gasteiger partial charge in [-0.15, -0.1) is 0 Å². The van der Waals surface area contributed by atoms with Crippen LogP contribution in [0.1, 0.15) is 118 Å². The Bertz CT molecular complexity index is 1840. The summed E-state index contributed by atoms with van der Waals surface area (Å²) < 4.78 is 3.22. The van der Waals surface area contributed by atoms with Crippen LogP contribution in [-0.2, 0) is 6.42 Å². The summed E-state index contributed by atoms with van der Waals surface area (Å²) in [6.45, 7) is 20.1. The molecule has 0 saturated carbocycles. The zero-order valence-corrected chi connectivity index (χ0v) is 37.5. The van der Waals surface area contributed by atoms with Gasteiger partial charge in [-0.3, -0.25) is 0 Å². The predicted octanol–water partition coefficient (Wildman–Crippen LogP) is 14.4. The summed E-state index contributed by atoms with van der Waals surface area (Å²) in [7, 11) is -2.25. The van der Waals surface area contributed by atoms with Gasteiger partial charge in [-0.2, -0.15) is 0 Å². The maximum atomic E-state index is 3.22. The molecule has 0 fully saturated rings. The van der Waals surface area contributed by atoms with Crippen molar-refractivity contribution in [1.82, 2.24) is 0 Å². The van der Waals surface area contributed by atoms with Crippen LogP contribution in [0.2, 0.25) is 21.9 Å². The van der Waals surface area contributed by atoms with Crippen LogP contribution in [0, 0.1) is 0 Å². The van der Waals surface area contributed by atoms with Gasteiger partial charge >= 0.3 is 343 Å². The van der Waals surface area contributed by atoms with Crippen LogP contribution in [0.4, 0.5) is 5.69 Å². The quantitative estimate of drug-likeness (QED) is 0.0696. The molecule has 6 aromatic carbocycles. The molecule has 3 heteroatoms. The molecule has 2 radical (unpaired) electrons. The predicted molar refractivity (Wildman–Crippen MR) is 242 cm³/mol. The molecule has 0 aliphatic carbocycles. The molecule has 0 aliphatic heterocycles. The minimum atomic E-state index is -2.25. The van der Waals surface area contributed by atoms with E-state index in [4.69, 9.17) is 0 Å². The number of hydrogen-bond donors (Lipinski definition) is 0. The Morgan fingerprint density at radius 3 is 1.07 bits per heavy atom. The van der Waals surface area contributed by atoms with E-state index in [-0.39, 0.29) is 11.8 Å². The molecule has 282 valence electrons. The summed E-state index contributed by atoms with van der Waals surface area (Å²) >= 11 is -0.629. The van der Waals surface area contributed by atoms with Gasteiger partial charge in [-0.1, -0.05) is 0 Å². The summed E-state index contributed by atoms with van der Waals surface area (Å²) in [5, 5.41) is 1.22. The molecule has 1 nitrogen and oxygen atoms in total. The first kappa shape index (κ1) is 40.5. The third-order valence-corrected chi connectivity index (χ3v) is 23.9. The monoisotopic (exact) mass is 801 g/mol. The minimum absolute atomic E-state index is 0.0865. The summed E-state index contributed by atoms with van der Waals surface area (Å²) in [6, 6.07) is 61.9. The summed E-state index contributed by atoms with van der Waals surface area (Å²) in [4.78, 5) is 0. The topological polar surface area (TPSA) is 3.24 Å². The summed E-state index contributed by atoms with van der Waals surface area (Å²) in [5.74, 6) is 0.544. The average molecular weight is 801 g/mol. The molecule has 6 aromatic rings. The van der Waals surface area contributed by atoms with Gasteiger partial charge in [0.2, 0.25) is 0 Å². The van der Waals surface area contributed by atoms with Crippen LogP contribution in [0.15, 0.2) is 164 Å². The van der Waals surface area contributed by atoms with E-state index in [1.165, 1.54) is 55.4 Å². The van der Waals surface area contributed by atoms with E-state index in [2.05, 4.69) is 223 Å². The maximum absolute atomic E-state index is 3.22. The Hall–Kier alpha value is -4.12. The van der Waals surface area contributed by atoms with Crippen LogP contribution in [0.5, 0.6) is 0 Å². The standard InChI is InChI=1S/C52H61GeNSi/c1-38(2)47-36-48(50(43-26-16-10-17-27-43)44-28-18-11-19-29-44)52(49(37-47)51(45-30-20-12-21-31-45)46-32-22-13-23-33-46)54(53-35-34-42-24-14-9-15-25-42)55(39(3)4,40(5)6)41(7)8/h9-33,36-41,50-51H,34-35H2,1-8H3. The van der Waals surface area contributed by atoms with Gasteiger partial charge < -0.3 is 0 Å². The molecule has 0 atom stereocenters. The third kappa shape index (κ3) is 8.82. The second kappa shape index (κ2) is 18.7. The van der Waals surface area contributed by atoms with Crippen LogP contribution in [0.25, 0.3) is 0 Å². The second-order valence-corrected chi connectivity index (χ2v) is 25.8. The zero-order valence-electron chi connectivity index (χ0n) is 34.4. The van der Waals surface area contributed by atoms with Crippen LogP contribution in [0.3, 0.4) is 0 Å². The van der Waals surface area contributed by atoms with E-state index in [1.807, 2.05) is 0 Å². The number of nitrogens with zero attached hydrogens (tertiary/aromatic N) is 1. The first-order valence-electron chi connectivity index (χ1n) is 20.6.